The van der Waals surface area contributed by atoms with E-state index in [0.29, 0.717) is 47.9 Å². The fourth-order valence-electron chi connectivity index (χ4n) is 3.77. The van der Waals surface area contributed by atoms with Gasteiger partial charge in [-0.1, -0.05) is 11.3 Å². The van der Waals surface area contributed by atoms with Crippen molar-refractivity contribution in [3.8, 4) is 16.5 Å². The van der Waals surface area contributed by atoms with E-state index in [0.717, 1.165) is 16.1 Å². The Morgan fingerprint density at radius 1 is 1.37 bits per heavy atom. The molecule has 8 nitrogen and oxygen atoms in total. The fourth-order valence-corrected chi connectivity index (χ4v) is 4.74. The maximum Gasteiger partial charge on any atom is 0.260 e. The van der Waals surface area contributed by atoms with Crippen LogP contribution in [0.3, 0.4) is 0 Å². The summed E-state index contributed by atoms with van der Waals surface area (Å²) in [5.41, 5.74) is 2.93. The van der Waals surface area contributed by atoms with Crippen LogP contribution in [-0.2, 0) is 16.1 Å². The predicted octanol–water partition coefficient (Wildman–Crippen LogP) is 3.25. The number of nitrogens with one attached hydrogen (secondary N) is 1. The van der Waals surface area contributed by atoms with E-state index >= 15 is 0 Å². The quantitative estimate of drug-likeness (QED) is 0.646. The van der Waals surface area contributed by atoms with Gasteiger partial charge in [-0.2, -0.15) is 0 Å². The summed E-state index contributed by atoms with van der Waals surface area (Å²) in [6.45, 7) is 6.72. The molecule has 0 radical (unpaired) electrons. The third-order valence-electron chi connectivity index (χ3n) is 5.52. The standard InChI is InChI=1S/C21H26N4O4S/c1-11-18(30-21(22-11)23-13(3)26)16-9-15-10-25(12(2)14-5-6-14)20(27)17(15)19(24-16)29-8-7-28-4/h9,12,14H,5-8,10H2,1-4H3,(H,22,23,26)/t12-/m0/s1. The Bertz CT molecular complexity index is 986. The van der Waals surface area contributed by atoms with E-state index < -0.39 is 0 Å². The number of methoxy groups -OCH3 is 1. The minimum atomic E-state index is -0.170. The third kappa shape index (κ3) is 4.04. The zero-order chi connectivity index (χ0) is 21.4. The van der Waals surface area contributed by atoms with Crippen LogP contribution in [0.15, 0.2) is 6.07 Å². The smallest absolute Gasteiger partial charge is 0.260 e. The van der Waals surface area contributed by atoms with Crippen molar-refractivity contribution >= 4 is 28.3 Å². The lowest BCUT2D eigenvalue weighted by atomic mass is 10.1. The molecule has 0 aromatic carbocycles. The first kappa shape index (κ1) is 20.7. The summed E-state index contributed by atoms with van der Waals surface area (Å²) in [6, 6.07) is 2.16. The summed E-state index contributed by atoms with van der Waals surface area (Å²) in [4.78, 5) is 36.4. The normalized spacial score (nSPS) is 16.5. The molecule has 3 heterocycles. The number of carbonyl (C=O) groups is 2. The molecular formula is C21H26N4O4S. The van der Waals surface area contributed by atoms with Crippen molar-refractivity contribution in [2.24, 2.45) is 5.92 Å². The van der Waals surface area contributed by atoms with E-state index in [1.165, 1.54) is 31.1 Å². The summed E-state index contributed by atoms with van der Waals surface area (Å²) >= 11 is 1.36. The number of anilines is 1. The molecule has 2 aromatic rings. The molecular weight excluding hydrogens is 404 g/mol. The van der Waals surface area contributed by atoms with E-state index in [-0.39, 0.29) is 17.9 Å². The number of hydrogen-bond acceptors (Lipinski definition) is 7. The second-order valence-corrected chi connectivity index (χ2v) is 8.81. The molecule has 1 aliphatic carbocycles. The van der Waals surface area contributed by atoms with Gasteiger partial charge in [-0.3, -0.25) is 9.59 Å². The van der Waals surface area contributed by atoms with Gasteiger partial charge in [-0.25, -0.2) is 9.97 Å². The van der Waals surface area contributed by atoms with E-state index in [1.807, 2.05) is 17.9 Å². The Hall–Kier alpha value is -2.52. The molecule has 160 valence electrons. The topological polar surface area (TPSA) is 93.6 Å². The highest BCUT2D eigenvalue weighted by atomic mass is 32.1. The van der Waals surface area contributed by atoms with Crippen molar-refractivity contribution < 1.29 is 19.1 Å². The highest BCUT2D eigenvalue weighted by Crippen LogP contribution is 2.41. The number of ether oxygens (including phenoxy) is 2. The summed E-state index contributed by atoms with van der Waals surface area (Å²) in [5.74, 6) is 0.730. The van der Waals surface area contributed by atoms with Crippen LogP contribution in [0.4, 0.5) is 5.13 Å². The van der Waals surface area contributed by atoms with Gasteiger partial charge in [-0.05, 0) is 44.2 Å². The molecule has 0 spiro atoms. The largest absolute Gasteiger partial charge is 0.475 e. The van der Waals surface area contributed by atoms with Gasteiger partial charge in [0, 0.05) is 26.6 Å². The first-order chi connectivity index (χ1) is 14.4. The molecule has 30 heavy (non-hydrogen) atoms. The first-order valence-corrected chi connectivity index (χ1v) is 10.9. The van der Waals surface area contributed by atoms with E-state index in [4.69, 9.17) is 9.47 Å². The Balaban J connectivity index is 1.71. The van der Waals surface area contributed by atoms with Gasteiger partial charge in [0.15, 0.2) is 5.13 Å². The second-order valence-electron chi connectivity index (χ2n) is 7.81. The van der Waals surface area contributed by atoms with Crippen LogP contribution in [0.1, 0.15) is 48.3 Å². The van der Waals surface area contributed by atoms with Crippen LogP contribution in [0, 0.1) is 12.8 Å². The van der Waals surface area contributed by atoms with E-state index in [2.05, 4.69) is 22.2 Å². The number of amides is 2. The molecule has 1 fully saturated rings. The van der Waals surface area contributed by atoms with Crippen molar-refractivity contribution in [1.82, 2.24) is 14.9 Å². The number of aromatic nitrogens is 2. The molecule has 0 bridgehead atoms. The number of rotatable bonds is 8. The summed E-state index contributed by atoms with van der Waals surface area (Å²) in [5, 5.41) is 3.25. The Kier molecular flexibility index (Phi) is 5.75. The number of fused-ring (bicyclic) bond motifs is 1. The molecule has 2 amide bonds. The van der Waals surface area contributed by atoms with Gasteiger partial charge in [0.2, 0.25) is 11.8 Å². The molecule has 9 heteroatoms. The Labute approximate surface area is 179 Å². The van der Waals surface area contributed by atoms with E-state index in [9.17, 15) is 9.59 Å². The molecule has 1 atom stereocenters. The summed E-state index contributed by atoms with van der Waals surface area (Å²) in [7, 11) is 1.60. The third-order valence-corrected chi connectivity index (χ3v) is 6.61. The van der Waals surface area contributed by atoms with Crippen LogP contribution in [0.25, 0.3) is 10.6 Å². The first-order valence-electron chi connectivity index (χ1n) is 10.1. The van der Waals surface area contributed by atoms with Crippen LogP contribution in [-0.4, -0.2) is 53.0 Å². The second kappa shape index (κ2) is 8.31. The number of thiazole rings is 1. The molecule has 1 aliphatic heterocycles. The Morgan fingerprint density at radius 2 is 2.13 bits per heavy atom. The van der Waals surface area contributed by atoms with Gasteiger partial charge in [0.05, 0.1) is 22.9 Å². The lowest BCUT2D eigenvalue weighted by Gasteiger charge is -2.23. The minimum absolute atomic E-state index is 0.0178. The maximum atomic E-state index is 13.2. The van der Waals surface area contributed by atoms with E-state index in [1.54, 1.807) is 7.11 Å². The van der Waals surface area contributed by atoms with Crippen molar-refractivity contribution in [2.75, 3.05) is 25.6 Å². The van der Waals surface area contributed by atoms with Crippen molar-refractivity contribution in [1.29, 1.82) is 0 Å². The number of aryl methyl sites for hydroxylation is 1. The SMILES string of the molecule is COCCOc1nc(-c2sc(NC(C)=O)nc2C)cc2c1C(=O)N([C@@H](C)C1CC1)C2. The number of carbonyl (C=O) groups excluding carboxylic acids is 2. The molecule has 1 N–H and O–H groups in total. The average Bonchev–Trinajstić information content (AvgIpc) is 3.40. The molecule has 2 aliphatic rings. The van der Waals surface area contributed by atoms with Gasteiger partial charge in [-0.15, -0.1) is 0 Å². The highest BCUT2D eigenvalue weighted by molar-refractivity contribution is 7.19. The lowest BCUT2D eigenvalue weighted by molar-refractivity contribution is -0.114. The zero-order valence-electron chi connectivity index (χ0n) is 17.7. The summed E-state index contributed by atoms with van der Waals surface area (Å²) < 4.78 is 11.0. The lowest BCUT2D eigenvalue weighted by Crippen LogP contribution is -2.34. The van der Waals surface area contributed by atoms with Gasteiger partial charge in [0.25, 0.3) is 5.91 Å². The summed E-state index contributed by atoms with van der Waals surface area (Å²) in [6.07, 6.45) is 2.35. The fraction of sp³-hybridized carbons (Fsp3) is 0.524. The Morgan fingerprint density at radius 3 is 2.80 bits per heavy atom. The molecule has 0 unspecified atom stereocenters. The number of pyridine rings is 1. The van der Waals surface area contributed by atoms with Crippen molar-refractivity contribution in [3.05, 3.63) is 22.9 Å². The minimum Gasteiger partial charge on any atom is -0.475 e. The van der Waals surface area contributed by atoms with Crippen LogP contribution in [0.2, 0.25) is 0 Å². The predicted molar refractivity (Wildman–Crippen MR) is 114 cm³/mol. The molecule has 0 saturated heterocycles. The van der Waals surface area contributed by atoms with Crippen molar-refractivity contribution in [3.63, 3.8) is 0 Å². The van der Waals surface area contributed by atoms with Crippen molar-refractivity contribution in [2.45, 2.75) is 46.2 Å². The number of nitrogens with zero attached hydrogens (tertiary/aromatic N) is 3. The average molecular weight is 431 g/mol. The van der Waals surface area contributed by atoms with Crippen LogP contribution >= 0.6 is 11.3 Å². The maximum absolute atomic E-state index is 13.2. The van der Waals surface area contributed by atoms with Crippen LogP contribution in [0.5, 0.6) is 5.88 Å². The van der Waals surface area contributed by atoms with Gasteiger partial charge >= 0.3 is 0 Å². The van der Waals surface area contributed by atoms with Crippen LogP contribution < -0.4 is 10.1 Å². The monoisotopic (exact) mass is 430 g/mol. The molecule has 2 aromatic heterocycles. The molecule has 1 saturated carbocycles. The van der Waals surface area contributed by atoms with Gasteiger partial charge < -0.3 is 19.7 Å². The van der Waals surface area contributed by atoms with Gasteiger partial charge in [0.1, 0.15) is 12.2 Å². The molecule has 4 rings (SSSR count). The highest BCUT2D eigenvalue weighted by Gasteiger charge is 2.40. The zero-order valence-corrected chi connectivity index (χ0v) is 18.5. The number of hydrogen-bond donors (Lipinski definition) is 1.